The molecule has 0 saturated heterocycles. The molecule has 6 atom stereocenters. The van der Waals surface area contributed by atoms with Gasteiger partial charge in [-0.2, -0.15) is 0 Å². The van der Waals surface area contributed by atoms with E-state index in [-0.39, 0.29) is 57.1 Å². The summed E-state index contributed by atoms with van der Waals surface area (Å²) in [5, 5.41) is 26.8. The molecule has 12 heteroatoms. The Bertz CT molecular complexity index is 2350. The first-order valence-corrected chi connectivity index (χ1v) is 22.9. The summed E-state index contributed by atoms with van der Waals surface area (Å²) in [6.45, 7) is 10.7. The van der Waals surface area contributed by atoms with E-state index in [0.29, 0.717) is 60.1 Å². The van der Waals surface area contributed by atoms with E-state index >= 15 is 0 Å². The van der Waals surface area contributed by atoms with Gasteiger partial charge in [-0.1, -0.05) is 78.7 Å². The molecule has 4 aromatic rings. The third-order valence-electron chi connectivity index (χ3n) is 12.9. The van der Waals surface area contributed by atoms with Crippen molar-refractivity contribution in [2.45, 2.75) is 82.6 Å². The normalized spacial score (nSPS) is 22.4. The molecule has 2 aliphatic carbocycles. The zero-order chi connectivity index (χ0) is 45.8. The third-order valence-corrected chi connectivity index (χ3v) is 12.9. The molecule has 3 aliphatic rings. The van der Waals surface area contributed by atoms with Crippen molar-refractivity contribution in [2.24, 2.45) is 22.9 Å². The number of amides is 1. The van der Waals surface area contributed by atoms with Crippen LogP contribution in [0.3, 0.4) is 0 Å². The number of carbonyl (C=O) groups excluding carboxylic acids is 2. The summed E-state index contributed by atoms with van der Waals surface area (Å²) in [7, 11) is 1.51. The van der Waals surface area contributed by atoms with Crippen molar-refractivity contribution in [3.63, 3.8) is 0 Å². The van der Waals surface area contributed by atoms with Gasteiger partial charge in [0.15, 0.2) is 6.29 Å². The first kappa shape index (κ1) is 47.0. The van der Waals surface area contributed by atoms with Gasteiger partial charge in [0, 0.05) is 31.1 Å². The van der Waals surface area contributed by atoms with Crippen LogP contribution in [0, 0.1) is 17.8 Å². The zero-order valence-electron chi connectivity index (χ0n) is 37.6. The number of oxime groups is 1. The second-order valence-corrected chi connectivity index (χ2v) is 16.8. The maximum Gasteiger partial charge on any atom is 0.410 e. The van der Waals surface area contributed by atoms with E-state index < -0.39 is 23.8 Å². The fourth-order valence-corrected chi connectivity index (χ4v) is 10.1. The van der Waals surface area contributed by atoms with Crippen molar-refractivity contribution in [2.75, 3.05) is 40.1 Å². The average molecular weight is 887 g/mol. The molecular formula is C53H62N2O10. The van der Waals surface area contributed by atoms with Gasteiger partial charge in [-0.15, -0.1) is 13.2 Å². The Kier molecular flexibility index (Phi) is 16.1. The Morgan fingerprint density at radius 2 is 1.72 bits per heavy atom. The summed E-state index contributed by atoms with van der Waals surface area (Å²) in [5.41, 5.74) is 3.78. The van der Waals surface area contributed by atoms with Crippen LogP contribution in [0.1, 0.15) is 85.7 Å². The van der Waals surface area contributed by atoms with Gasteiger partial charge >= 0.3 is 6.09 Å². The summed E-state index contributed by atoms with van der Waals surface area (Å²) in [5.74, 6) is -0.248. The lowest BCUT2D eigenvalue weighted by Gasteiger charge is -2.59. The van der Waals surface area contributed by atoms with Crippen LogP contribution in [0.5, 0.6) is 23.0 Å². The van der Waals surface area contributed by atoms with Crippen molar-refractivity contribution < 1.29 is 48.3 Å². The van der Waals surface area contributed by atoms with E-state index in [4.69, 9.17) is 33.7 Å². The minimum absolute atomic E-state index is 0.000551. The van der Waals surface area contributed by atoms with E-state index in [1.165, 1.54) is 7.11 Å². The van der Waals surface area contributed by atoms with E-state index in [0.717, 1.165) is 59.4 Å². The molecule has 0 aromatic heterocycles. The number of hydrogen-bond acceptors (Lipinski definition) is 11. The molecule has 0 bridgehead atoms. The maximum absolute atomic E-state index is 14.9. The van der Waals surface area contributed by atoms with Crippen LogP contribution < -0.4 is 14.2 Å². The number of unbranched alkanes of at least 4 members (excludes halogenated alkanes) is 2. The number of benzene rings is 4. The van der Waals surface area contributed by atoms with Crippen LogP contribution in [0.15, 0.2) is 121 Å². The van der Waals surface area contributed by atoms with Crippen LogP contribution in [0.2, 0.25) is 0 Å². The van der Waals surface area contributed by atoms with Gasteiger partial charge in [-0.25, -0.2) is 4.79 Å². The van der Waals surface area contributed by atoms with Crippen molar-refractivity contribution in [1.82, 2.24) is 4.90 Å². The molecule has 0 radical (unpaired) electrons. The Labute approximate surface area is 382 Å². The summed E-state index contributed by atoms with van der Waals surface area (Å²) >= 11 is 0. The number of rotatable bonds is 23. The lowest BCUT2D eigenvalue weighted by Crippen LogP contribution is -2.70. The fraction of sp³-hybridized carbons (Fsp3) is 0.415. The summed E-state index contributed by atoms with van der Waals surface area (Å²) in [6, 6.07) is 24.2. The van der Waals surface area contributed by atoms with Gasteiger partial charge in [0.2, 0.25) is 5.79 Å². The van der Waals surface area contributed by atoms with Gasteiger partial charge in [0.25, 0.3) is 0 Å². The number of nitrogens with zero attached hydrogens (tertiary/aromatic N) is 2. The van der Waals surface area contributed by atoms with E-state index in [1.807, 2.05) is 49.4 Å². The summed E-state index contributed by atoms with van der Waals surface area (Å²) in [4.78, 5) is 34.5. The summed E-state index contributed by atoms with van der Waals surface area (Å²) < 4.78 is 32.5. The number of methoxy groups -OCH3 is 1. The molecule has 0 spiro atoms. The average Bonchev–Trinajstić information content (AvgIpc) is 3.33. The fourth-order valence-electron chi connectivity index (χ4n) is 10.1. The highest BCUT2D eigenvalue weighted by Gasteiger charge is 2.65. The number of hydrogen-bond donors (Lipinski definition) is 2. The SMILES string of the molecule is C=CCCOC(=O)N(Cc1cccc2ccccc12)[C@H]1CC(=NOCC)C2=C[C@H](CCCCO)[C@@H](CCCCO)[C@@H]3c4cc(Oc5ccc(OC)c(C=O)c5)ccc4O[C@@]1(OCC=C)[C@H]23. The van der Waals surface area contributed by atoms with Gasteiger partial charge in [-0.05, 0) is 109 Å². The molecule has 1 fully saturated rings. The van der Waals surface area contributed by atoms with Crippen LogP contribution >= 0.6 is 0 Å². The maximum atomic E-state index is 14.9. The topological polar surface area (TPSA) is 146 Å². The molecule has 65 heavy (non-hydrogen) atoms. The third kappa shape index (κ3) is 10.1. The quantitative estimate of drug-likeness (QED) is 0.0319. The smallest absolute Gasteiger partial charge is 0.410 e. The second-order valence-electron chi connectivity index (χ2n) is 16.8. The van der Waals surface area contributed by atoms with Gasteiger partial charge in [0.1, 0.15) is 35.6 Å². The zero-order valence-corrected chi connectivity index (χ0v) is 37.6. The Balaban J connectivity index is 1.46. The van der Waals surface area contributed by atoms with E-state index in [2.05, 4.69) is 37.4 Å². The van der Waals surface area contributed by atoms with E-state index in [1.54, 1.807) is 35.3 Å². The molecule has 1 heterocycles. The minimum Gasteiger partial charge on any atom is -0.496 e. The Morgan fingerprint density at radius 3 is 2.48 bits per heavy atom. The molecule has 0 unspecified atom stereocenters. The first-order valence-electron chi connectivity index (χ1n) is 22.9. The number of ether oxygens (including phenoxy) is 5. The van der Waals surface area contributed by atoms with Gasteiger partial charge < -0.3 is 38.7 Å². The highest BCUT2D eigenvalue weighted by Crippen LogP contribution is 2.62. The van der Waals surface area contributed by atoms with Gasteiger partial charge in [-0.3, -0.25) is 9.69 Å². The molecule has 4 aromatic carbocycles. The van der Waals surface area contributed by atoms with Crippen LogP contribution in [-0.2, 0) is 20.9 Å². The Hall–Kier alpha value is -5.95. The molecule has 12 nitrogen and oxygen atoms in total. The number of allylic oxidation sites excluding steroid dienone is 1. The minimum atomic E-state index is -1.49. The Morgan fingerprint density at radius 1 is 0.954 bits per heavy atom. The van der Waals surface area contributed by atoms with Crippen LogP contribution in [0.4, 0.5) is 4.79 Å². The number of aliphatic hydroxyl groups is 2. The molecule has 1 saturated carbocycles. The number of aldehydes is 1. The molecule has 1 aliphatic heterocycles. The number of carbonyl (C=O) groups is 2. The van der Waals surface area contributed by atoms with Crippen LogP contribution in [-0.4, -0.2) is 85.2 Å². The van der Waals surface area contributed by atoms with Gasteiger partial charge in [0.05, 0.1) is 44.1 Å². The van der Waals surface area contributed by atoms with Crippen molar-refractivity contribution >= 4 is 28.9 Å². The second kappa shape index (κ2) is 22.3. The van der Waals surface area contributed by atoms with Crippen molar-refractivity contribution in [1.29, 1.82) is 0 Å². The first-order chi connectivity index (χ1) is 31.8. The van der Waals surface area contributed by atoms with Crippen molar-refractivity contribution in [3.05, 3.63) is 133 Å². The largest absolute Gasteiger partial charge is 0.496 e. The van der Waals surface area contributed by atoms with Crippen molar-refractivity contribution in [3.8, 4) is 23.0 Å². The molecule has 344 valence electrons. The monoisotopic (exact) mass is 886 g/mol. The molecule has 2 N–H and O–H groups in total. The lowest BCUT2D eigenvalue weighted by atomic mass is 9.55. The van der Waals surface area contributed by atoms with Crippen LogP contribution in [0.25, 0.3) is 10.8 Å². The molecule has 7 rings (SSSR count). The number of fused-ring (bicyclic) bond motifs is 3. The molecular weight excluding hydrogens is 825 g/mol. The predicted octanol–water partition coefficient (Wildman–Crippen LogP) is 10.3. The highest BCUT2D eigenvalue weighted by molar-refractivity contribution is 6.03. The predicted molar refractivity (Wildman–Crippen MR) is 251 cm³/mol. The lowest BCUT2D eigenvalue weighted by molar-refractivity contribution is -0.256. The summed E-state index contributed by atoms with van der Waals surface area (Å²) in [6.07, 6.45) is 11.1. The molecule has 1 amide bonds. The number of aliphatic hydroxyl groups excluding tert-OH is 2. The standard InChI is InChI=1S/C53H62N2O10/c1-5-8-29-61-52(59)55(34-38-19-15-18-36-16-9-10-20-42(36)38)49-33-46(54-63-7-3)44-31-37(17-11-13-26-56)43(21-12-14-27-57)50-45-32-41(64-40-22-24-47(60-4)39(30-40)35-58)23-25-48(45)65-53(49,51(44)50)62-28-6-2/h5-6,9-10,15-16,18-20,22-25,30-32,35,37,43,49-51,56-57H,1-2,7-8,11-14,17,21,26-29,33-34H2,3-4H3/t37-,43+,49-,50+,51+,53+/m0/s1. The van der Waals surface area contributed by atoms with E-state index in [9.17, 15) is 19.8 Å². The highest BCUT2D eigenvalue weighted by atomic mass is 16.7.